The highest BCUT2D eigenvalue weighted by atomic mass is 16.6. The van der Waals surface area contributed by atoms with Gasteiger partial charge in [-0.15, -0.1) is 0 Å². The van der Waals surface area contributed by atoms with Crippen LogP contribution in [-0.4, -0.2) is 41.9 Å². The zero-order chi connectivity index (χ0) is 13.8. The molecule has 0 amide bonds. The van der Waals surface area contributed by atoms with Crippen molar-refractivity contribution in [1.82, 2.24) is 4.90 Å². The average molecular weight is 255 g/mol. The number of unbranched alkanes of at least 4 members (excludes halogenated alkanes) is 1. The zero-order valence-corrected chi connectivity index (χ0v) is 11.9. The second kappa shape index (κ2) is 6.32. The summed E-state index contributed by atoms with van der Waals surface area (Å²) in [6.07, 6.45) is 3.69. The second-order valence-electron chi connectivity index (χ2n) is 6.03. The van der Waals surface area contributed by atoms with Gasteiger partial charge in [-0.05, 0) is 40.2 Å². The molecule has 0 bridgehead atoms. The van der Waals surface area contributed by atoms with Crippen molar-refractivity contribution in [3.63, 3.8) is 0 Å². The Hall–Kier alpha value is -0.900. The summed E-state index contributed by atoms with van der Waals surface area (Å²) in [4.78, 5) is 25.1. The van der Waals surface area contributed by atoms with Crippen LogP contribution >= 0.6 is 0 Å². The Morgan fingerprint density at radius 1 is 1.44 bits per heavy atom. The van der Waals surface area contributed by atoms with E-state index in [1.807, 2.05) is 20.8 Å². The number of likely N-dealkylation sites (tertiary alicyclic amines) is 1. The number of carbonyl (C=O) groups excluding carboxylic acids is 2. The molecule has 0 N–H and O–H groups in total. The second-order valence-corrected chi connectivity index (χ2v) is 6.03. The molecule has 18 heavy (non-hydrogen) atoms. The normalized spacial score (nSPS) is 25.1. The van der Waals surface area contributed by atoms with Crippen LogP contribution in [0, 0.1) is 5.92 Å². The van der Waals surface area contributed by atoms with Gasteiger partial charge in [-0.1, -0.05) is 13.3 Å². The van der Waals surface area contributed by atoms with Gasteiger partial charge in [-0.25, -0.2) is 0 Å². The van der Waals surface area contributed by atoms with E-state index in [1.54, 1.807) is 0 Å². The third kappa shape index (κ3) is 4.41. The summed E-state index contributed by atoms with van der Waals surface area (Å²) >= 11 is 0. The van der Waals surface area contributed by atoms with E-state index in [-0.39, 0.29) is 17.9 Å². The first-order valence-corrected chi connectivity index (χ1v) is 6.79. The molecule has 0 aromatic rings. The third-order valence-electron chi connectivity index (χ3n) is 3.11. The molecule has 1 heterocycles. The van der Waals surface area contributed by atoms with E-state index in [0.717, 1.165) is 25.7 Å². The number of rotatable bonds is 5. The summed E-state index contributed by atoms with van der Waals surface area (Å²) in [5.74, 6) is -0.220. The van der Waals surface area contributed by atoms with Gasteiger partial charge < -0.3 is 9.53 Å². The summed E-state index contributed by atoms with van der Waals surface area (Å²) in [5, 5.41) is 0. The first-order valence-electron chi connectivity index (χ1n) is 6.79. The first kappa shape index (κ1) is 15.2. The van der Waals surface area contributed by atoms with E-state index in [0.29, 0.717) is 13.0 Å². The van der Waals surface area contributed by atoms with Crippen LogP contribution in [0.5, 0.6) is 0 Å². The Morgan fingerprint density at radius 3 is 2.61 bits per heavy atom. The zero-order valence-electron chi connectivity index (χ0n) is 11.9. The molecule has 4 heteroatoms. The molecule has 0 saturated carbocycles. The van der Waals surface area contributed by atoms with Crippen molar-refractivity contribution in [2.24, 2.45) is 5.92 Å². The number of hydrogen-bond acceptors (Lipinski definition) is 4. The minimum Gasteiger partial charge on any atom is -0.459 e. The molecule has 1 rings (SSSR count). The number of ether oxygens (including phenoxy) is 1. The van der Waals surface area contributed by atoms with Crippen LogP contribution < -0.4 is 0 Å². The molecule has 4 nitrogen and oxygen atoms in total. The largest absolute Gasteiger partial charge is 0.459 e. The molecule has 0 aliphatic carbocycles. The van der Waals surface area contributed by atoms with E-state index >= 15 is 0 Å². The van der Waals surface area contributed by atoms with Gasteiger partial charge in [0.15, 0.2) is 0 Å². The molecule has 0 aromatic heterocycles. The molecule has 2 atom stereocenters. The molecular weight excluding hydrogens is 230 g/mol. The highest BCUT2D eigenvalue weighted by Crippen LogP contribution is 2.24. The van der Waals surface area contributed by atoms with Crippen molar-refractivity contribution < 1.29 is 14.3 Å². The van der Waals surface area contributed by atoms with E-state index in [9.17, 15) is 9.59 Å². The number of aldehydes is 1. The predicted molar refractivity (Wildman–Crippen MR) is 70.3 cm³/mol. The molecule has 0 aromatic carbocycles. The van der Waals surface area contributed by atoms with Gasteiger partial charge in [0.05, 0.1) is 0 Å². The van der Waals surface area contributed by atoms with Crippen LogP contribution in [0.4, 0.5) is 0 Å². The SMILES string of the molecule is CCCCN1CC(C=O)CC1C(=O)OC(C)(C)C. The monoisotopic (exact) mass is 255 g/mol. The van der Waals surface area contributed by atoms with Crippen molar-refractivity contribution in [2.75, 3.05) is 13.1 Å². The van der Waals surface area contributed by atoms with Gasteiger partial charge in [-0.3, -0.25) is 9.69 Å². The number of hydrogen-bond donors (Lipinski definition) is 0. The van der Waals surface area contributed by atoms with E-state index in [4.69, 9.17) is 4.74 Å². The van der Waals surface area contributed by atoms with Crippen molar-refractivity contribution in [3.8, 4) is 0 Å². The maximum absolute atomic E-state index is 12.1. The Balaban J connectivity index is 2.64. The molecule has 0 spiro atoms. The van der Waals surface area contributed by atoms with Gasteiger partial charge in [0.2, 0.25) is 0 Å². The fourth-order valence-corrected chi connectivity index (χ4v) is 2.26. The maximum Gasteiger partial charge on any atom is 0.323 e. The van der Waals surface area contributed by atoms with Crippen LogP contribution in [0.1, 0.15) is 47.0 Å². The summed E-state index contributed by atoms with van der Waals surface area (Å²) in [5.41, 5.74) is -0.466. The van der Waals surface area contributed by atoms with Crippen LogP contribution in [0.25, 0.3) is 0 Å². The predicted octanol–water partition coefficient (Wildman–Crippen LogP) is 2.02. The molecule has 2 unspecified atom stereocenters. The standard InChI is InChI=1S/C14H25NO3/c1-5-6-7-15-9-11(10-16)8-12(15)13(17)18-14(2,3)4/h10-12H,5-9H2,1-4H3. The van der Waals surface area contributed by atoms with Gasteiger partial charge >= 0.3 is 5.97 Å². The Bertz CT molecular complexity index is 296. The molecule has 0 radical (unpaired) electrons. The minimum absolute atomic E-state index is 0.0284. The molecule has 104 valence electrons. The van der Waals surface area contributed by atoms with E-state index < -0.39 is 5.60 Å². The van der Waals surface area contributed by atoms with Gasteiger partial charge in [0.1, 0.15) is 17.9 Å². The van der Waals surface area contributed by atoms with E-state index in [1.165, 1.54) is 0 Å². The average Bonchev–Trinajstić information content (AvgIpc) is 2.67. The van der Waals surface area contributed by atoms with Gasteiger partial charge in [0.25, 0.3) is 0 Å². The van der Waals surface area contributed by atoms with Crippen LogP contribution in [-0.2, 0) is 14.3 Å². The summed E-state index contributed by atoms with van der Waals surface area (Å²) in [7, 11) is 0. The van der Waals surface area contributed by atoms with E-state index in [2.05, 4.69) is 11.8 Å². The smallest absolute Gasteiger partial charge is 0.323 e. The van der Waals surface area contributed by atoms with Crippen LogP contribution in [0.2, 0.25) is 0 Å². The van der Waals surface area contributed by atoms with Crippen molar-refractivity contribution in [3.05, 3.63) is 0 Å². The van der Waals surface area contributed by atoms with Crippen LogP contribution in [0.15, 0.2) is 0 Å². The summed E-state index contributed by atoms with van der Waals surface area (Å²) in [6, 6.07) is -0.244. The highest BCUT2D eigenvalue weighted by Gasteiger charge is 2.38. The first-order chi connectivity index (χ1) is 8.37. The van der Waals surface area contributed by atoms with Gasteiger partial charge in [-0.2, -0.15) is 0 Å². The summed E-state index contributed by atoms with van der Waals surface area (Å²) < 4.78 is 5.43. The van der Waals surface area contributed by atoms with Crippen molar-refractivity contribution >= 4 is 12.3 Å². The fourth-order valence-electron chi connectivity index (χ4n) is 2.26. The quantitative estimate of drug-likeness (QED) is 0.557. The lowest BCUT2D eigenvalue weighted by Gasteiger charge is -2.27. The number of esters is 1. The van der Waals surface area contributed by atoms with Crippen molar-refractivity contribution in [2.45, 2.75) is 58.6 Å². The lowest BCUT2D eigenvalue weighted by atomic mass is 10.1. The molecule has 1 aliphatic heterocycles. The lowest BCUT2D eigenvalue weighted by molar-refractivity contribution is -0.160. The van der Waals surface area contributed by atoms with Crippen molar-refractivity contribution in [1.29, 1.82) is 0 Å². The molecule has 1 aliphatic rings. The number of carbonyl (C=O) groups is 2. The maximum atomic E-state index is 12.1. The third-order valence-corrected chi connectivity index (χ3v) is 3.11. The number of nitrogens with zero attached hydrogens (tertiary/aromatic N) is 1. The molecular formula is C14H25NO3. The van der Waals surface area contributed by atoms with Crippen LogP contribution in [0.3, 0.4) is 0 Å². The Kier molecular flexibility index (Phi) is 5.32. The highest BCUT2D eigenvalue weighted by molar-refractivity contribution is 5.77. The fraction of sp³-hybridized carbons (Fsp3) is 0.857. The Morgan fingerprint density at radius 2 is 2.11 bits per heavy atom. The van der Waals surface area contributed by atoms with Gasteiger partial charge in [0, 0.05) is 12.5 Å². The summed E-state index contributed by atoms with van der Waals surface area (Å²) in [6.45, 7) is 9.28. The minimum atomic E-state index is -0.466. The Labute approximate surface area is 110 Å². The molecule has 1 saturated heterocycles. The lowest BCUT2D eigenvalue weighted by Crippen LogP contribution is -2.40. The topological polar surface area (TPSA) is 46.6 Å². The molecule has 1 fully saturated rings.